The molecule has 0 amide bonds. The first kappa shape index (κ1) is 13.5. The fraction of sp³-hybridized carbons (Fsp3) is 0.714. The first-order valence-electron chi connectivity index (χ1n) is 6.19. The molecule has 0 fully saturated rings. The van der Waals surface area contributed by atoms with Gasteiger partial charge in [-0.25, -0.2) is 0 Å². The molecule has 0 aliphatic carbocycles. The van der Waals surface area contributed by atoms with Gasteiger partial charge in [0.25, 0.3) is 0 Å². The first-order valence-corrected chi connectivity index (χ1v) is 6.19. The van der Waals surface area contributed by atoms with Gasteiger partial charge in [0, 0.05) is 0 Å². The van der Waals surface area contributed by atoms with E-state index in [2.05, 4.69) is 39.0 Å². The van der Waals surface area contributed by atoms with E-state index in [1.807, 2.05) is 0 Å². The standard InChI is InChI=1S/C14H26/c1-4-7-9-10-11-13-14(6-3)12-8-5-2/h10-11,13H,4-9,12H2,1-3H3/b11-10+,14-13?. The van der Waals surface area contributed by atoms with Gasteiger partial charge in [-0.2, -0.15) is 0 Å². The van der Waals surface area contributed by atoms with Crippen molar-refractivity contribution in [1.29, 1.82) is 0 Å². The number of allylic oxidation sites excluding steroid dienone is 4. The Labute approximate surface area is 90.1 Å². The maximum absolute atomic E-state index is 2.31. The van der Waals surface area contributed by atoms with Crippen LogP contribution in [0.25, 0.3) is 0 Å². The molecule has 0 saturated carbocycles. The Bertz CT molecular complexity index is 163. The molecule has 82 valence electrons. The minimum Gasteiger partial charge on any atom is -0.0845 e. The van der Waals surface area contributed by atoms with Gasteiger partial charge in [0.05, 0.1) is 0 Å². The second kappa shape index (κ2) is 10.6. The molecule has 0 saturated heterocycles. The van der Waals surface area contributed by atoms with Crippen LogP contribution in [0.5, 0.6) is 0 Å². The highest BCUT2D eigenvalue weighted by Crippen LogP contribution is 2.11. The molecule has 0 unspecified atom stereocenters. The summed E-state index contributed by atoms with van der Waals surface area (Å²) in [5.41, 5.74) is 1.60. The molecule has 14 heavy (non-hydrogen) atoms. The summed E-state index contributed by atoms with van der Waals surface area (Å²) >= 11 is 0. The molecule has 0 atom stereocenters. The zero-order valence-electron chi connectivity index (χ0n) is 10.2. The lowest BCUT2D eigenvalue weighted by molar-refractivity contribution is 0.766. The van der Waals surface area contributed by atoms with Crippen LogP contribution < -0.4 is 0 Å². The van der Waals surface area contributed by atoms with Gasteiger partial charge in [-0.05, 0) is 25.7 Å². The highest BCUT2D eigenvalue weighted by molar-refractivity contribution is 5.12. The van der Waals surface area contributed by atoms with Crippen LogP contribution in [0, 0.1) is 0 Å². The van der Waals surface area contributed by atoms with Gasteiger partial charge in [-0.1, -0.05) is 63.8 Å². The zero-order valence-corrected chi connectivity index (χ0v) is 10.2. The van der Waals surface area contributed by atoms with E-state index in [0.29, 0.717) is 0 Å². The van der Waals surface area contributed by atoms with Crippen molar-refractivity contribution in [3.8, 4) is 0 Å². The molecule has 0 radical (unpaired) electrons. The van der Waals surface area contributed by atoms with E-state index in [1.165, 1.54) is 44.9 Å². The normalized spacial score (nSPS) is 12.6. The SMILES string of the molecule is CCCC/C=C/C=C(CC)CCCC. The summed E-state index contributed by atoms with van der Waals surface area (Å²) in [5, 5.41) is 0. The Hall–Kier alpha value is -0.520. The monoisotopic (exact) mass is 194 g/mol. The van der Waals surface area contributed by atoms with Gasteiger partial charge in [0.1, 0.15) is 0 Å². The second-order valence-corrected chi connectivity index (χ2v) is 3.85. The largest absolute Gasteiger partial charge is 0.0845 e. The second-order valence-electron chi connectivity index (χ2n) is 3.85. The minimum atomic E-state index is 1.21. The molecular weight excluding hydrogens is 168 g/mol. The van der Waals surface area contributed by atoms with E-state index in [-0.39, 0.29) is 0 Å². The smallest absolute Gasteiger partial charge is 0.0317 e. The predicted octanol–water partition coefficient (Wildman–Crippen LogP) is 5.26. The average Bonchev–Trinajstić information content (AvgIpc) is 2.22. The van der Waals surface area contributed by atoms with E-state index < -0.39 is 0 Å². The Morgan fingerprint density at radius 1 is 1.00 bits per heavy atom. The molecule has 0 aliphatic heterocycles. The number of hydrogen-bond acceptors (Lipinski definition) is 0. The molecule has 0 aromatic carbocycles. The fourth-order valence-electron chi connectivity index (χ4n) is 1.40. The van der Waals surface area contributed by atoms with E-state index >= 15 is 0 Å². The lowest BCUT2D eigenvalue weighted by atomic mass is 10.1. The van der Waals surface area contributed by atoms with Gasteiger partial charge in [0.2, 0.25) is 0 Å². The van der Waals surface area contributed by atoms with E-state index in [1.54, 1.807) is 5.57 Å². The van der Waals surface area contributed by atoms with Gasteiger partial charge >= 0.3 is 0 Å². The van der Waals surface area contributed by atoms with Gasteiger partial charge in [-0.15, -0.1) is 0 Å². The maximum atomic E-state index is 2.31. The van der Waals surface area contributed by atoms with Crippen molar-refractivity contribution in [1.82, 2.24) is 0 Å². The summed E-state index contributed by atoms with van der Waals surface area (Å²) in [6.45, 7) is 6.74. The van der Waals surface area contributed by atoms with Crippen LogP contribution >= 0.6 is 0 Å². The Morgan fingerprint density at radius 2 is 1.71 bits per heavy atom. The molecule has 0 spiro atoms. The quantitative estimate of drug-likeness (QED) is 0.365. The van der Waals surface area contributed by atoms with Crippen LogP contribution in [0.4, 0.5) is 0 Å². The topological polar surface area (TPSA) is 0 Å². The van der Waals surface area contributed by atoms with Gasteiger partial charge < -0.3 is 0 Å². The summed E-state index contributed by atoms with van der Waals surface area (Å²) < 4.78 is 0. The molecule has 0 nitrogen and oxygen atoms in total. The van der Waals surface area contributed by atoms with Crippen molar-refractivity contribution >= 4 is 0 Å². The summed E-state index contributed by atoms with van der Waals surface area (Å²) in [4.78, 5) is 0. The first-order chi connectivity index (χ1) is 6.85. The average molecular weight is 194 g/mol. The third-order valence-corrected chi connectivity index (χ3v) is 2.50. The highest BCUT2D eigenvalue weighted by atomic mass is 14.0. The Kier molecular flexibility index (Phi) is 10.2. The van der Waals surface area contributed by atoms with Gasteiger partial charge in [0.15, 0.2) is 0 Å². The van der Waals surface area contributed by atoms with Crippen LogP contribution in [-0.4, -0.2) is 0 Å². The van der Waals surface area contributed by atoms with Crippen LogP contribution in [0.3, 0.4) is 0 Å². The molecule has 0 heteroatoms. The van der Waals surface area contributed by atoms with Crippen LogP contribution in [-0.2, 0) is 0 Å². The van der Waals surface area contributed by atoms with Crippen molar-refractivity contribution in [2.45, 2.75) is 65.7 Å². The number of rotatable bonds is 8. The molecule has 0 aromatic rings. The van der Waals surface area contributed by atoms with Crippen molar-refractivity contribution in [3.05, 3.63) is 23.8 Å². The summed E-state index contributed by atoms with van der Waals surface area (Å²) in [6, 6.07) is 0. The molecule has 0 rings (SSSR count). The van der Waals surface area contributed by atoms with Crippen LogP contribution in [0.2, 0.25) is 0 Å². The third-order valence-electron chi connectivity index (χ3n) is 2.50. The molecule has 0 heterocycles. The van der Waals surface area contributed by atoms with Crippen molar-refractivity contribution in [3.63, 3.8) is 0 Å². The van der Waals surface area contributed by atoms with Crippen molar-refractivity contribution in [2.24, 2.45) is 0 Å². The maximum Gasteiger partial charge on any atom is -0.0317 e. The molecule has 0 aromatic heterocycles. The van der Waals surface area contributed by atoms with Gasteiger partial charge in [-0.3, -0.25) is 0 Å². The van der Waals surface area contributed by atoms with Crippen LogP contribution in [0.1, 0.15) is 65.7 Å². The lowest BCUT2D eigenvalue weighted by Gasteiger charge is -2.00. The summed E-state index contributed by atoms with van der Waals surface area (Å²) in [6.07, 6.45) is 15.8. The molecule has 0 aliphatic rings. The van der Waals surface area contributed by atoms with Crippen molar-refractivity contribution < 1.29 is 0 Å². The van der Waals surface area contributed by atoms with E-state index in [9.17, 15) is 0 Å². The number of unbranched alkanes of at least 4 members (excludes halogenated alkanes) is 3. The van der Waals surface area contributed by atoms with Crippen molar-refractivity contribution in [2.75, 3.05) is 0 Å². The Balaban J connectivity index is 3.73. The minimum absolute atomic E-state index is 1.21. The molecule has 0 N–H and O–H groups in total. The van der Waals surface area contributed by atoms with E-state index in [4.69, 9.17) is 0 Å². The zero-order chi connectivity index (χ0) is 10.6. The Morgan fingerprint density at radius 3 is 2.29 bits per heavy atom. The molecule has 0 bridgehead atoms. The molecular formula is C14H26. The number of hydrogen-bond donors (Lipinski definition) is 0. The van der Waals surface area contributed by atoms with Crippen LogP contribution in [0.15, 0.2) is 23.8 Å². The summed E-state index contributed by atoms with van der Waals surface area (Å²) in [7, 11) is 0. The summed E-state index contributed by atoms with van der Waals surface area (Å²) in [5.74, 6) is 0. The highest BCUT2D eigenvalue weighted by Gasteiger charge is 1.91. The van der Waals surface area contributed by atoms with E-state index in [0.717, 1.165) is 0 Å². The predicted molar refractivity (Wildman–Crippen MR) is 66.6 cm³/mol. The third kappa shape index (κ3) is 8.10. The lowest BCUT2D eigenvalue weighted by Crippen LogP contribution is -1.80. The fourth-order valence-corrected chi connectivity index (χ4v) is 1.40.